The molecular weight excluding hydrogens is 467 g/mol. The van der Waals surface area contributed by atoms with Crippen LogP contribution in [-0.4, -0.2) is 47.2 Å². The Balaban J connectivity index is 1.21. The van der Waals surface area contributed by atoms with Crippen LogP contribution in [0.15, 0.2) is 84.9 Å². The molecule has 3 aromatic carbocycles. The van der Waals surface area contributed by atoms with Crippen molar-refractivity contribution in [3.63, 3.8) is 0 Å². The van der Waals surface area contributed by atoms with Gasteiger partial charge in [0, 0.05) is 42.3 Å². The highest BCUT2D eigenvalue weighted by Crippen LogP contribution is 2.29. The molecule has 4 aromatic rings. The van der Waals surface area contributed by atoms with Gasteiger partial charge in [-0.3, -0.25) is 4.79 Å². The predicted molar refractivity (Wildman–Crippen MR) is 137 cm³/mol. The van der Waals surface area contributed by atoms with Gasteiger partial charge in [-0.25, -0.2) is 0 Å². The van der Waals surface area contributed by atoms with Crippen molar-refractivity contribution < 1.29 is 4.79 Å². The fraction of sp³-hybridized carbons (Fsp3) is 0.148. The quantitative estimate of drug-likeness (QED) is 0.349. The normalized spacial score (nSPS) is 13.7. The van der Waals surface area contributed by atoms with Gasteiger partial charge in [0.1, 0.15) is 0 Å². The topological polar surface area (TPSA) is 49.3 Å². The van der Waals surface area contributed by atoms with Crippen molar-refractivity contribution in [1.82, 2.24) is 15.1 Å². The Labute approximate surface area is 208 Å². The highest BCUT2D eigenvalue weighted by molar-refractivity contribution is 6.36. The standard InChI is InChI=1S/C27H22Cl2N4O/c28-22-10-11-23(24(29)18-22)25-12-13-26(31-30-25)32-14-16-33(17-15-32)27(34)21-8-6-20(7-9-21)19-4-2-1-3-5-19/h1-13,18H,14-17H2. The van der Waals surface area contributed by atoms with Crippen molar-refractivity contribution in [3.8, 4) is 22.4 Å². The molecule has 0 aliphatic carbocycles. The largest absolute Gasteiger partial charge is 0.352 e. The maximum atomic E-state index is 13.0. The van der Waals surface area contributed by atoms with Crippen LogP contribution in [0.1, 0.15) is 10.4 Å². The van der Waals surface area contributed by atoms with Gasteiger partial charge in [0.05, 0.1) is 10.7 Å². The van der Waals surface area contributed by atoms with Gasteiger partial charge >= 0.3 is 0 Å². The number of hydrogen-bond donors (Lipinski definition) is 0. The van der Waals surface area contributed by atoms with Gasteiger partial charge in [-0.1, -0.05) is 65.7 Å². The Kier molecular flexibility index (Phi) is 6.48. The van der Waals surface area contributed by atoms with Gasteiger partial charge in [-0.05, 0) is 53.6 Å². The van der Waals surface area contributed by atoms with Gasteiger partial charge in [-0.2, -0.15) is 0 Å². The van der Waals surface area contributed by atoms with E-state index in [1.165, 1.54) is 0 Å². The molecule has 34 heavy (non-hydrogen) atoms. The van der Waals surface area contributed by atoms with E-state index in [0.29, 0.717) is 47.5 Å². The van der Waals surface area contributed by atoms with Crippen LogP contribution in [0.3, 0.4) is 0 Å². The fourth-order valence-corrected chi connectivity index (χ4v) is 4.60. The summed E-state index contributed by atoms with van der Waals surface area (Å²) in [6.45, 7) is 2.66. The van der Waals surface area contributed by atoms with E-state index < -0.39 is 0 Å². The van der Waals surface area contributed by atoms with Gasteiger partial charge in [-0.15, -0.1) is 10.2 Å². The van der Waals surface area contributed by atoms with Crippen LogP contribution < -0.4 is 4.90 Å². The SMILES string of the molecule is O=C(c1ccc(-c2ccccc2)cc1)N1CCN(c2ccc(-c3ccc(Cl)cc3Cl)nn2)CC1. The lowest BCUT2D eigenvalue weighted by Crippen LogP contribution is -2.49. The highest BCUT2D eigenvalue weighted by Gasteiger charge is 2.23. The van der Waals surface area contributed by atoms with Crippen molar-refractivity contribution in [2.45, 2.75) is 0 Å². The summed E-state index contributed by atoms with van der Waals surface area (Å²) < 4.78 is 0. The highest BCUT2D eigenvalue weighted by atomic mass is 35.5. The third-order valence-corrected chi connectivity index (χ3v) is 6.54. The van der Waals surface area contributed by atoms with Crippen LogP contribution in [-0.2, 0) is 0 Å². The van der Waals surface area contributed by atoms with Crippen LogP contribution in [0.5, 0.6) is 0 Å². The second-order valence-electron chi connectivity index (χ2n) is 8.12. The van der Waals surface area contributed by atoms with Gasteiger partial charge < -0.3 is 9.80 Å². The zero-order chi connectivity index (χ0) is 23.5. The van der Waals surface area contributed by atoms with E-state index in [0.717, 1.165) is 22.5 Å². The number of piperazine rings is 1. The number of hydrogen-bond acceptors (Lipinski definition) is 4. The first-order valence-corrected chi connectivity index (χ1v) is 11.8. The van der Waals surface area contributed by atoms with E-state index in [1.807, 2.05) is 65.6 Å². The van der Waals surface area contributed by atoms with Crippen LogP contribution in [0.25, 0.3) is 22.4 Å². The van der Waals surface area contributed by atoms with Gasteiger partial charge in [0.25, 0.3) is 5.91 Å². The number of rotatable bonds is 4. The molecule has 1 aromatic heterocycles. The summed E-state index contributed by atoms with van der Waals surface area (Å²) in [6.07, 6.45) is 0. The van der Waals surface area contributed by atoms with Crippen molar-refractivity contribution >= 4 is 34.9 Å². The van der Waals surface area contributed by atoms with Gasteiger partial charge in [0.2, 0.25) is 0 Å². The Morgan fingerprint density at radius 2 is 1.44 bits per heavy atom. The molecule has 0 radical (unpaired) electrons. The minimum absolute atomic E-state index is 0.0538. The third kappa shape index (κ3) is 4.76. The summed E-state index contributed by atoms with van der Waals surface area (Å²) in [4.78, 5) is 17.0. The average Bonchev–Trinajstić information content (AvgIpc) is 2.89. The van der Waals surface area contributed by atoms with Crippen LogP contribution in [0.4, 0.5) is 5.82 Å². The summed E-state index contributed by atoms with van der Waals surface area (Å²) in [7, 11) is 0. The minimum atomic E-state index is 0.0538. The summed E-state index contributed by atoms with van der Waals surface area (Å²) in [5.41, 5.74) is 4.43. The van der Waals surface area contributed by atoms with E-state index >= 15 is 0 Å². The monoisotopic (exact) mass is 488 g/mol. The molecule has 0 N–H and O–H groups in total. The van der Waals surface area contributed by atoms with Gasteiger partial charge in [0.15, 0.2) is 5.82 Å². The van der Waals surface area contributed by atoms with Crippen LogP contribution in [0.2, 0.25) is 10.0 Å². The average molecular weight is 489 g/mol. The fourth-order valence-electron chi connectivity index (χ4n) is 4.09. The van der Waals surface area contributed by atoms with E-state index in [9.17, 15) is 4.79 Å². The van der Waals surface area contributed by atoms with Crippen molar-refractivity contribution in [1.29, 1.82) is 0 Å². The molecule has 1 amide bonds. The molecule has 1 aliphatic heterocycles. The number of amides is 1. The smallest absolute Gasteiger partial charge is 0.253 e. The van der Waals surface area contributed by atoms with E-state index in [1.54, 1.807) is 12.1 Å². The third-order valence-electron chi connectivity index (χ3n) is 5.99. The second-order valence-corrected chi connectivity index (χ2v) is 8.97. The molecule has 170 valence electrons. The van der Waals surface area contributed by atoms with E-state index in [-0.39, 0.29) is 5.91 Å². The molecule has 5 nitrogen and oxygen atoms in total. The van der Waals surface area contributed by atoms with Crippen molar-refractivity contribution in [2.75, 3.05) is 31.1 Å². The molecule has 7 heteroatoms. The molecule has 2 heterocycles. The lowest BCUT2D eigenvalue weighted by molar-refractivity contribution is 0.0746. The molecule has 0 saturated carbocycles. The van der Waals surface area contributed by atoms with Crippen molar-refractivity contribution in [2.24, 2.45) is 0 Å². The molecule has 1 fully saturated rings. The molecule has 1 aliphatic rings. The predicted octanol–water partition coefficient (Wildman–Crippen LogP) is 6.08. The Morgan fingerprint density at radius 3 is 2.09 bits per heavy atom. The molecule has 0 spiro atoms. The zero-order valence-corrected chi connectivity index (χ0v) is 19.9. The second kappa shape index (κ2) is 9.84. The minimum Gasteiger partial charge on any atom is -0.352 e. The Bertz CT molecular complexity index is 1290. The van der Waals surface area contributed by atoms with Crippen molar-refractivity contribution in [3.05, 3.63) is 101 Å². The lowest BCUT2D eigenvalue weighted by atomic mass is 10.0. The molecule has 1 saturated heterocycles. The summed E-state index contributed by atoms with van der Waals surface area (Å²) in [5, 5.41) is 9.86. The molecule has 0 atom stereocenters. The number of benzene rings is 3. The number of aromatic nitrogens is 2. The van der Waals surface area contributed by atoms with Crippen LogP contribution >= 0.6 is 23.2 Å². The lowest BCUT2D eigenvalue weighted by Gasteiger charge is -2.35. The Hall–Kier alpha value is -3.41. The summed E-state index contributed by atoms with van der Waals surface area (Å²) in [6, 6.07) is 27.1. The van der Waals surface area contributed by atoms with Crippen LogP contribution in [0, 0.1) is 0 Å². The maximum Gasteiger partial charge on any atom is 0.253 e. The number of nitrogens with zero attached hydrogens (tertiary/aromatic N) is 4. The molecule has 5 rings (SSSR count). The number of carbonyl (C=O) groups is 1. The Morgan fingerprint density at radius 1 is 0.735 bits per heavy atom. The first-order chi connectivity index (χ1) is 16.6. The summed E-state index contributed by atoms with van der Waals surface area (Å²) in [5.74, 6) is 0.839. The maximum absolute atomic E-state index is 13.0. The molecular formula is C27H22Cl2N4O. The van der Waals surface area contributed by atoms with E-state index in [2.05, 4.69) is 27.2 Å². The first-order valence-electron chi connectivity index (χ1n) is 11.1. The first kappa shape index (κ1) is 22.4. The molecule has 0 bridgehead atoms. The van der Waals surface area contributed by atoms with E-state index in [4.69, 9.17) is 23.2 Å². The number of carbonyl (C=O) groups excluding carboxylic acids is 1. The number of halogens is 2. The summed E-state index contributed by atoms with van der Waals surface area (Å²) >= 11 is 12.3. The zero-order valence-electron chi connectivity index (χ0n) is 18.4. The molecule has 0 unspecified atom stereocenters. The number of anilines is 1.